The topological polar surface area (TPSA) is 99.6 Å². The minimum Gasteiger partial charge on any atom is -0.481 e. The van der Waals surface area contributed by atoms with E-state index in [1.807, 2.05) is 6.07 Å². The normalized spacial score (nSPS) is 18.7. The van der Waals surface area contributed by atoms with Crippen LogP contribution in [0.4, 0.5) is 14.7 Å². The van der Waals surface area contributed by atoms with Crippen LogP contribution in [0.3, 0.4) is 0 Å². The summed E-state index contributed by atoms with van der Waals surface area (Å²) in [4.78, 5) is 23.0. The highest BCUT2D eigenvalue weighted by Gasteiger charge is 2.41. The van der Waals surface area contributed by atoms with Gasteiger partial charge in [0.1, 0.15) is 11.6 Å². The Morgan fingerprint density at radius 1 is 1.17 bits per heavy atom. The van der Waals surface area contributed by atoms with Crippen LogP contribution in [0, 0.1) is 11.6 Å². The van der Waals surface area contributed by atoms with Gasteiger partial charge < -0.3 is 25.4 Å². The minimum atomic E-state index is -1.05. The van der Waals surface area contributed by atoms with Crippen LogP contribution >= 0.6 is 0 Å². The van der Waals surface area contributed by atoms with E-state index >= 15 is 0 Å². The van der Waals surface area contributed by atoms with Gasteiger partial charge in [-0.15, -0.1) is 0 Å². The third-order valence-electron chi connectivity index (χ3n) is 7.54. The van der Waals surface area contributed by atoms with E-state index < -0.39 is 29.3 Å². The van der Waals surface area contributed by atoms with Crippen LogP contribution in [-0.4, -0.2) is 59.9 Å². The van der Waals surface area contributed by atoms with Crippen LogP contribution in [0.5, 0.6) is 5.88 Å². The van der Waals surface area contributed by atoms with Gasteiger partial charge in [-0.2, -0.15) is 4.98 Å². The van der Waals surface area contributed by atoms with Crippen molar-refractivity contribution in [3.05, 3.63) is 83.1 Å². The number of aromatic nitrogens is 2. The van der Waals surface area contributed by atoms with E-state index in [9.17, 15) is 18.7 Å². The summed E-state index contributed by atoms with van der Waals surface area (Å²) >= 11 is 0. The SMILES string of the molecule is COc1ccnc(N2CCC(NC[C@H](O)[C@H](Cc3cc(F)cc(F)c3)NC(C)=O)(c3cccc(C(C)(C)C)c3)C2)n1. The van der Waals surface area contributed by atoms with Gasteiger partial charge in [-0.25, -0.2) is 13.8 Å². The number of amides is 1. The molecule has 3 atom stereocenters. The van der Waals surface area contributed by atoms with Gasteiger partial charge in [0.15, 0.2) is 0 Å². The number of rotatable bonds is 10. The van der Waals surface area contributed by atoms with E-state index in [0.717, 1.165) is 11.6 Å². The minimum absolute atomic E-state index is 0.0629. The Hall–Kier alpha value is -3.63. The zero-order chi connectivity index (χ0) is 29.8. The number of methoxy groups -OCH3 is 1. The summed E-state index contributed by atoms with van der Waals surface area (Å²) in [5.41, 5.74) is 1.94. The molecule has 220 valence electrons. The summed E-state index contributed by atoms with van der Waals surface area (Å²) in [5, 5.41) is 17.7. The number of hydrogen-bond acceptors (Lipinski definition) is 7. The van der Waals surface area contributed by atoms with Crippen LogP contribution in [0.25, 0.3) is 0 Å². The molecule has 41 heavy (non-hydrogen) atoms. The Labute approximate surface area is 240 Å². The number of benzene rings is 2. The second-order valence-electron chi connectivity index (χ2n) is 11.7. The standard InChI is InChI=1S/C31H39F2N5O3/c1-20(39)36-26(15-21-13-24(32)17-25(33)14-21)27(40)18-35-31(23-8-6-7-22(16-23)30(2,3)4)10-12-38(19-31)29-34-11-9-28(37-29)41-5/h6-9,11,13-14,16-17,26-27,35,40H,10,12,15,18-19H2,1-5H3,(H,36,39)/t26-,27-,31?/m0/s1. The Bertz CT molecular complexity index is 1350. The van der Waals surface area contributed by atoms with Crippen molar-refractivity contribution in [3.8, 4) is 5.88 Å². The number of aliphatic hydroxyl groups is 1. The molecular formula is C31H39F2N5O3. The lowest BCUT2D eigenvalue weighted by molar-refractivity contribution is -0.120. The second-order valence-corrected chi connectivity index (χ2v) is 11.7. The molecule has 0 aliphatic carbocycles. The monoisotopic (exact) mass is 567 g/mol. The maximum atomic E-state index is 13.8. The fraction of sp³-hybridized carbons (Fsp3) is 0.452. The number of anilines is 1. The maximum absolute atomic E-state index is 13.8. The zero-order valence-corrected chi connectivity index (χ0v) is 24.2. The Balaban J connectivity index is 1.61. The molecule has 3 aromatic rings. The molecule has 1 aliphatic rings. The van der Waals surface area contributed by atoms with E-state index in [2.05, 4.69) is 64.5 Å². The summed E-state index contributed by atoms with van der Waals surface area (Å²) in [6.45, 7) is 9.14. The predicted molar refractivity (Wildman–Crippen MR) is 154 cm³/mol. The first-order chi connectivity index (χ1) is 19.4. The van der Waals surface area contributed by atoms with E-state index in [1.165, 1.54) is 24.6 Å². The van der Waals surface area contributed by atoms with Crippen LogP contribution in [0.15, 0.2) is 54.7 Å². The largest absolute Gasteiger partial charge is 0.481 e. The third-order valence-corrected chi connectivity index (χ3v) is 7.54. The van der Waals surface area contributed by atoms with Crippen LogP contribution in [-0.2, 0) is 22.2 Å². The molecule has 10 heteroatoms. The first-order valence-corrected chi connectivity index (χ1v) is 13.8. The van der Waals surface area contributed by atoms with Gasteiger partial charge in [0.05, 0.1) is 24.8 Å². The third kappa shape index (κ3) is 7.56. The van der Waals surface area contributed by atoms with E-state index in [1.54, 1.807) is 19.4 Å². The summed E-state index contributed by atoms with van der Waals surface area (Å²) in [5.74, 6) is -0.751. The van der Waals surface area contributed by atoms with Gasteiger partial charge in [-0.05, 0) is 47.1 Å². The van der Waals surface area contributed by atoms with Gasteiger partial charge in [0.2, 0.25) is 17.7 Å². The number of nitrogens with one attached hydrogen (secondary N) is 2. The Morgan fingerprint density at radius 3 is 2.56 bits per heavy atom. The number of carbonyl (C=O) groups is 1. The summed E-state index contributed by atoms with van der Waals surface area (Å²) in [7, 11) is 1.56. The maximum Gasteiger partial charge on any atom is 0.228 e. The van der Waals surface area contributed by atoms with Crippen LogP contribution in [0.1, 0.15) is 50.8 Å². The molecule has 0 spiro atoms. The molecule has 8 nitrogen and oxygen atoms in total. The van der Waals surface area contributed by atoms with Crippen LogP contribution in [0.2, 0.25) is 0 Å². The van der Waals surface area contributed by atoms with Crippen molar-refractivity contribution in [3.63, 3.8) is 0 Å². The molecule has 0 bridgehead atoms. The quantitative estimate of drug-likeness (QED) is 0.342. The Morgan fingerprint density at radius 2 is 1.90 bits per heavy atom. The second kappa shape index (κ2) is 12.5. The van der Waals surface area contributed by atoms with Gasteiger partial charge in [0, 0.05) is 44.9 Å². The van der Waals surface area contributed by atoms with Crippen molar-refractivity contribution >= 4 is 11.9 Å². The molecule has 3 N–H and O–H groups in total. The number of hydrogen-bond donors (Lipinski definition) is 3. The summed E-state index contributed by atoms with van der Waals surface area (Å²) in [6.07, 6.45) is 1.38. The molecule has 2 heterocycles. The molecule has 1 saturated heterocycles. The number of nitrogens with zero attached hydrogens (tertiary/aromatic N) is 3. The Kier molecular flexibility index (Phi) is 9.24. The molecule has 0 saturated carbocycles. The summed E-state index contributed by atoms with van der Waals surface area (Å²) in [6, 6.07) is 12.6. The lowest BCUT2D eigenvalue weighted by Crippen LogP contribution is -2.53. The molecule has 0 radical (unpaired) electrons. The fourth-order valence-electron chi connectivity index (χ4n) is 5.31. The van der Waals surface area contributed by atoms with Gasteiger partial charge in [-0.3, -0.25) is 4.79 Å². The molecule has 1 amide bonds. The predicted octanol–water partition coefficient (Wildman–Crippen LogP) is 3.86. The van der Waals surface area contributed by atoms with E-state index in [-0.39, 0.29) is 24.3 Å². The number of halogens is 2. The molecule has 1 fully saturated rings. The highest BCUT2D eigenvalue weighted by Crippen LogP contribution is 2.36. The molecule has 1 aromatic heterocycles. The first-order valence-electron chi connectivity index (χ1n) is 13.8. The summed E-state index contributed by atoms with van der Waals surface area (Å²) < 4.78 is 33.0. The van der Waals surface area contributed by atoms with Gasteiger partial charge >= 0.3 is 0 Å². The van der Waals surface area contributed by atoms with Gasteiger partial charge in [-0.1, -0.05) is 45.0 Å². The van der Waals surface area contributed by atoms with Crippen molar-refractivity contribution in [2.24, 2.45) is 0 Å². The van der Waals surface area contributed by atoms with Crippen molar-refractivity contribution in [2.45, 2.75) is 63.6 Å². The molecule has 1 aliphatic heterocycles. The number of aliphatic hydroxyl groups excluding tert-OH is 1. The highest BCUT2D eigenvalue weighted by atomic mass is 19.1. The molecule has 1 unspecified atom stereocenters. The van der Waals surface area contributed by atoms with Crippen molar-refractivity contribution < 1.29 is 23.4 Å². The average molecular weight is 568 g/mol. The fourth-order valence-corrected chi connectivity index (χ4v) is 5.31. The average Bonchev–Trinajstić information content (AvgIpc) is 3.36. The molecular weight excluding hydrogens is 528 g/mol. The molecule has 2 aromatic carbocycles. The zero-order valence-electron chi connectivity index (χ0n) is 24.2. The smallest absolute Gasteiger partial charge is 0.228 e. The van der Waals surface area contributed by atoms with Crippen molar-refractivity contribution in [1.82, 2.24) is 20.6 Å². The van der Waals surface area contributed by atoms with Crippen molar-refractivity contribution in [2.75, 3.05) is 31.6 Å². The number of carbonyl (C=O) groups excluding carboxylic acids is 1. The lowest BCUT2D eigenvalue weighted by atomic mass is 9.81. The lowest BCUT2D eigenvalue weighted by Gasteiger charge is -2.35. The van der Waals surface area contributed by atoms with Crippen molar-refractivity contribution in [1.29, 1.82) is 0 Å². The van der Waals surface area contributed by atoms with E-state index in [4.69, 9.17) is 4.74 Å². The highest BCUT2D eigenvalue weighted by molar-refractivity contribution is 5.73. The first kappa shape index (κ1) is 30.3. The molecule has 4 rings (SSSR count). The van der Waals surface area contributed by atoms with E-state index in [0.29, 0.717) is 36.9 Å². The van der Waals surface area contributed by atoms with Crippen LogP contribution < -0.4 is 20.3 Å². The number of ether oxygens (including phenoxy) is 1. The van der Waals surface area contributed by atoms with Gasteiger partial charge in [0.25, 0.3) is 0 Å².